The van der Waals surface area contributed by atoms with Crippen LogP contribution in [0.5, 0.6) is 0 Å². The molecule has 23 heavy (non-hydrogen) atoms. The van der Waals surface area contributed by atoms with E-state index in [4.69, 9.17) is 4.74 Å². The molecule has 3 heterocycles. The van der Waals surface area contributed by atoms with Gasteiger partial charge < -0.3 is 9.64 Å². The second-order valence-corrected chi connectivity index (χ2v) is 6.15. The summed E-state index contributed by atoms with van der Waals surface area (Å²) in [6.45, 7) is 5.16. The Kier molecular flexibility index (Phi) is 5.06. The first-order valence-corrected chi connectivity index (χ1v) is 8.14. The molecule has 7 heteroatoms. The number of rotatable bonds is 2. The summed E-state index contributed by atoms with van der Waals surface area (Å²) >= 11 is 0. The van der Waals surface area contributed by atoms with Gasteiger partial charge in [-0.25, -0.2) is 4.98 Å². The van der Waals surface area contributed by atoms with Gasteiger partial charge in [0.2, 0.25) is 0 Å². The van der Waals surface area contributed by atoms with E-state index < -0.39 is 11.7 Å². The van der Waals surface area contributed by atoms with Gasteiger partial charge >= 0.3 is 6.18 Å². The van der Waals surface area contributed by atoms with Crippen molar-refractivity contribution < 1.29 is 17.9 Å². The van der Waals surface area contributed by atoms with Crippen molar-refractivity contribution in [2.45, 2.75) is 31.5 Å². The molecule has 0 aliphatic carbocycles. The summed E-state index contributed by atoms with van der Waals surface area (Å²) in [5.74, 6) is 0.625. The molecule has 1 aromatic heterocycles. The Morgan fingerprint density at radius 2 is 1.96 bits per heavy atom. The molecule has 2 aliphatic heterocycles. The zero-order valence-electron chi connectivity index (χ0n) is 13.1. The Morgan fingerprint density at radius 1 is 1.09 bits per heavy atom. The summed E-state index contributed by atoms with van der Waals surface area (Å²) in [6, 6.07) is 3.06. The van der Waals surface area contributed by atoms with Crippen molar-refractivity contribution in [3.63, 3.8) is 0 Å². The van der Waals surface area contributed by atoms with Crippen LogP contribution in [0.15, 0.2) is 18.3 Å². The van der Waals surface area contributed by atoms with E-state index in [1.165, 1.54) is 12.5 Å². The van der Waals surface area contributed by atoms with Crippen LogP contribution in [0.1, 0.15) is 24.8 Å². The van der Waals surface area contributed by atoms with Gasteiger partial charge in [0.1, 0.15) is 5.82 Å². The third kappa shape index (κ3) is 4.14. The molecule has 0 N–H and O–H groups in total. The van der Waals surface area contributed by atoms with E-state index in [2.05, 4.69) is 14.8 Å². The monoisotopic (exact) mass is 329 g/mol. The molecule has 4 nitrogen and oxygen atoms in total. The molecule has 0 radical (unpaired) electrons. The SMILES string of the molecule is FC(F)(F)c1ccc(N2CCCN(C3CCCOC3)CC2)nc1. The highest BCUT2D eigenvalue weighted by Gasteiger charge is 2.31. The number of alkyl halides is 3. The zero-order chi connectivity index (χ0) is 16.3. The van der Waals surface area contributed by atoms with Crippen LogP contribution in [-0.4, -0.2) is 55.3 Å². The first kappa shape index (κ1) is 16.5. The number of ether oxygens (including phenoxy) is 1. The summed E-state index contributed by atoms with van der Waals surface area (Å²) in [5.41, 5.74) is -0.697. The Bertz CT molecular complexity index is 500. The summed E-state index contributed by atoms with van der Waals surface area (Å²) < 4.78 is 43.4. The Hall–Kier alpha value is -1.34. The van der Waals surface area contributed by atoms with Crippen molar-refractivity contribution in [3.05, 3.63) is 23.9 Å². The van der Waals surface area contributed by atoms with E-state index in [1.807, 2.05) is 0 Å². The maximum absolute atomic E-state index is 12.6. The highest BCUT2D eigenvalue weighted by molar-refractivity contribution is 5.40. The normalized spacial score (nSPS) is 24.5. The molecule has 3 rings (SSSR count). The van der Waals surface area contributed by atoms with Crippen LogP contribution < -0.4 is 4.90 Å². The fourth-order valence-electron chi connectivity index (χ4n) is 3.28. The standard InChI is InChI=1S/C16H22F3N3O/c17-16(18,19)13-4-5-15(20-11-13)22-7-2-6-21(8-9-22)14-3-1-10-23-12-14/h4-5,11,14H,1-3,6-10,12H2. The topological polar surface area (TPSA) is 28.6 Å². The van der Waals surface area contributed by atoms with Gasteiger partial charge in [-0.2, -0.15) is 13.2 Å². The lowest BCUT2D eigenvalue weighted by Crippen LogP contribution is -2.43. The van der Waals surface area contributed by atoms with E-state index in [0.717, 1.165) is 64.5 Å². The number of pyridine rings is 1. The molecule has 2 aliphatic rings. The molecule has 0 bridgehead atoms. The molecule has 1 aromatic rings. The second-order valence-electron chi connectivity index (χ2n) is 6.15. The number of nitrogens with zero attached hydrogens (tertiary/aromatic N) is 3. The molecule has 2 saturated heterocycles. The molecule has 128 valence electrons. The lowest BCUT2D eigenvalue weighted by molar-refractivity contribution is -0.137. The van der Waals surface area contributed by atoms with Crippen LogP contribution in [0.2, 0.25) is 0 Å². The molecule has 0 aromatic carbocycles. The molecule has 0 spiro atoms. The molecule has 1 unspecified atom stereocenters. The molecule has 1 atom stereocenters. The van der Waals surface area contributed by atoms with Crippen LogP contribution in [0.4, 0.5) is 19.0 Å². The molecule has 0 amide bonds. The number of anilines is 1. The van der Waals surface area contributed by atoms with Gasteiger partial charge in [0.25, 0.3) is 0 Å². The van der Waals surface area contributed by atoms with Crippen molar-refractivity contribution in [1.29, 1.82) is 0 Å². The Labute approximate surface area is 134 Å². The molecule has 0 saturated carbocycles. The third-order valence-electron chi connectivity index (χ3n) is 4.58. The summed E-state index contributed by atoms with van der Waals surface area (Å²) in [4.78, 5) is 8.53. The quantitative estimate of drug-likeness (QED) is 0.834. The van der Waals surface area contributed by atoms with Crippen LogP contribution in [0, 0.1) is 0 Å². The van der Waals surface area contributed by atoms with Crippen LogP contribution in [0.3, 0.4) is 0 Å². The predicted octanol–water partition coefficient (Wildman–Crippen LogP) is 2.79. The van der Waals surface area contributed by atoms with Gasteiger partial charge in [-0.15, -0.1) is 0 Å². The zero-order valence-corrected chi connectivity index (χ0v) is 13.1. The van der Waals surface area contributed by atoms with Crippen molar-refractivity contribution in [2.24, 2.45) is 0 Å². The van der Waals surface area contributed by atoms with E-state index in [1.54, 1.807) is 0 Å². The van der Waals surface area contributed by atoms with E-state index >= 15 is 0 Å². The van der Waals surface area contributed by atoms with Gasteiger partial charge in [0.15, 0.2) is 0 Å². The lowest BCUT2D eigenvalue weighted by atomic mass is 10.1. The average molecular weight is 329 g/mol. The van der Waals surface area contributed by atoms with Gasteiger partial charge in [0, 0.05) is 45.0 Å². The molecular weight excluding hydrogens is 307 g/mol. The van der Waals surface area contributed by atoms with Gasteiger partial charge in [-0.3, -0.25) is 4.90 Å². The highest BCUT2D eigenvalue weighted by Crippen LogP contribution is 2.29. The van der Waals surface area contributed by atoms with E-state index in [-0.39, 0.29) is 0 Å². The fourth-order valence-corrected chi connectivity index (χ4v) is 3.28. The summed E-state index contributed by atoms with van der Waals surface area (Å²) in [5, 5.41) is 0. The van der Waals surface area contributed by atoms with Gasteiger partial charge in [-0.05, 0) is 31.4 Å². The number of halogens is 3. The average Bonchev–Trinajstić information content (AvgIpc) is 2.81. The van der Waals surface area contributed by atoms with Crippen molar-refractivity contribution in [1.82, 2.24) is 9.88 Å². The number of hydrogen-bond acceptors (Lipinski definition) is 4. The number of hydrogen-bond donors (Lipinski definition) is 0. The minimum absolute atomic E-state index is 0.476. The minimum atomic E-state index is -4.33. The summed E-state index contributed by atoms with van der Waals surface area (Å²) in [7, 11) is 0. The molecule has 2 fully saturated rings. The second kappa shape index (κ2) is 7.05. The van der Waals surface area contributed by atoms with Crippen molar-refractivity contribution in [2.75, 3.05) is 44.3 Å². The van der Waals surface area contributed by atoms with E-state index in [9.17, 15) is 13.2 Å². The van der Waals surface area contributed by atoms with E-state index in [0.29, 0.717) is 11.9 Å². The lowest BCUT2D eigenvalue weighted by Gasteiger charge is -2.33. The first-order chi connectivity index (χ1) is 11.0. The van der Waals surface area contributed by atoms with Crippen molar-refractivity contribution >= 4 is 5.82 Å². The predicted molar refractivity (Wildman–Crippen MR) is 81.5 cm³/mol. The van der Waals surface area contributed by atoms with Gasteiger partial charge in [-0.1, -0.05) is 0 Å². The Balaban J connectivity index is 1.61. The van der Waals surface area contributed by atoms with Gasteiger partial charge in [0.05, 0.1) is 12.2 Å². The van der Waals surface area contributed by atoms with Crippen LogP contribution >= 0.6 is 0 Å². The fraction of sp³-hybridized carbons (Fsp3) is 0.688. The van der Waals surface area contributed by atoms with Crippen LogP contribution in [-0.2, 0) is 10.9 Å². The maximum atomic E-state index is 12.6. The largest absolute Gasteiger partial charge is 0.417 e. The maximum Gasteiger partial charge on any atom is 0.417 e. The van der Waals surface area contributed by atoms with Crippen molar-refractivity contribution in [3.8, 4) is 0 Å². The first-order valence-electron chi connectivity index (χ1n) is 8.14. The third-order valence-corrected chi connectivity index (χ3v) is 4.58. The van der Waals surface area contributed by atoms with Crippen LogP contribution in [0.25, 0.3) is 0 Å². The minimum Gasteiger partial charge on any atom is -0.380 e. The summed E-state index contributed by atoms with van der Waals surface area (Å²) in [6.07, 6.45) is -0.155. The number of aromatic nitrogens is 1. The molecular formula is C16H22F3N3O. The smallest absolute Gasteiger partial charge is 0.380 e. The highest BCUT2D eigenvalue weighted by atomic mass is 19.4. The Morgan fingerprint density at radius 3 is 2.61 bits per heavy atom.